The van der Waals surface area contributed by atoms with Gasteiger partial charge in [-0.1, -0.05) is 37.8 Å². The van der Waals surface area contributed by atoms with Crippen LogP contribution < -0.4 is 5.32 Å². The van der Waals surface area contributed by atoms with Gasteiger partial charge in [-0.3, -0.25) is 9.59 Å². The van der Waals surface area contributed by atoms with Gasteiger partial charge in [-0.2, -0.15) is 5.26 Å². The number of ether oxygens (including phenoxy) is 1. The first-order valence-electron chi connectivity index (χ1n) is 8.09. The van der Waals surface area contributed by atoms with Crippen LogP contribution in [0.1, 0.15) is 51.0 Å². The summed E-state index contributed by atoms with van der Waals surface area (Å²) < 4.78 is 5.18. The maximum Gasteiger partial charge on any atom is 0.306 e. The van der Waals surface area contributed by atoms with E-state index in [9.17, 15) is 9.59 Å². The second kappa shape index (κ2) is 8.33. The molecule has 5 heteroatoms. The van der Waals surface area contributed by atoms with Crippen LogP contribution in [0.5, 0.6) is 0 Å². The van der Waals surface area contributed by atoms with Crippen LogP contribution >= 0.6 is 0 Å². The highest BCUT2D eigenvalue weighted by atomic mass is 16.5. The Morgan fingerprint density at radius 3 is 2.74 bits per heavy atom. The molecule has 0 heterocycles. The van der Waals surface area contributed by atoms with Gasteiger partial charge in [-0.25, -0.2) is 0 Å². The van der Waals surface area contributed by atoms with Crippen molar-refractivity contribution in [3.8, 4) is 6.07 Å². The number of rotatable bonds is 6. The second-order valence-electron chi connectivity index (χ2n) is 5.97. The summed E-state index contributed by atoms with van der Waals surface area (Å²) in [6, 6.07) is 8.73. The van der Waals surface area contributed by atoms with Crippen molar-refractivity contribution in [2.24, 2.45) is 5.92 Å². The van der Waals surface area contributed by atoms with Gasteiger partial charge in [-0.15, -0.1) is 0 Å². The third-order valence-electron chi connectivity index (χ3n) is 4.21. The smallest absolute Gasteiger partial charge is 0.306 e. The number of benzene rings is 1. The minimum Gasteiger partial charge on any atom is -0.453 e. The predicted molar refractivity (Wildman–Crippen MR) is 86.5 cm³/mol. The third kappa shape index (κ3) is 5.10. The van der Waals surface area contributed by atoms with E-state index in [4.69, 9.17) is 10.00 Å². The van der Waals surface area contributed by atoms with Gasteiger partial charge in [0.25, 0.3) is 5.91 Å². The zero-order valence-corrected chi connectivity index (χ0v) is 13.4. The number of hydrogen-bond acceptors (Lipinski definition) is 4. The maximum atomic E-state index is 12.1. The lowest BCUT2D eigenvalue weighted by Crippen LogP contribution is -2.30. The van der Waals surface area contributed by atoms with E-state index in [2.05, 4.69) is 5.32 Å². The third-order valence-corrected chi connectivity index (χ3v) is 4.21. The van der Waals surface area contributed by atoms with Crippen LogP contribution in [0.4, 0.5) is 5.69 Å². The number of hydrogen-bond donors (Lipinski definition) is 1. The molecular formula is C18H22N2O3. The lowest BCUT2D eigenvalue weighted by Gasteiger charge is -2.15. The molecule has 23 heavy (non-hydrogen) atoms. The van der Waals surface area contributed by atoms with Crippen LogP contribution in [0.2, 0.25) is 0 Å². The highest BCUT2D eigenvalue weighted by Crippen LogP contribution is 2.28. The van der Waals surface area contributed by atoms with E-state index in [0.29, 0.717) is 23.6 Å². The molecule has 122 valence electrons. The largest absolute Gasteiger partial charge is 0.453 e. The standard InChI is InChI=1S/C18H22N2O3/c1-13(23-17(21)11-10-14-6-2-3-7-14)18(22)20-16-9-5-4-8-15(16)12-19/h4-5,8-9,13-14H,2-3,6-7,10-11H2,1H3,(H,20,22)/t13-/m0/s1. The Hall–Kier alpha value is -2.35. The van der Waals surface area contributed by atoms with Crippen molar-refractivity contribution in [1.29, 1.82) is 5.26 Å². The molecule has 1 fully saturated rings. The van der Waals surface area contributed by atoms with Crippen LogP contribution in [0.25, 0.3) is 0 Å². The highest BCUT2D eigenvalue weighted by Gasteiger charge is 2.21. The van der Waals surface area contributed by atoms with E-state index in [-0.39, 0.29) is 5.97 Å². The Bertz CT molecular complexity index is 601. The number of anilines is 1. The van der Waals surface area contributed by atoms with E-state index in [0.717, 1.165) is 6.42 Å². The second-order valence-corrected chi connectivity index (χ2v) is 5.97. The van der Waals surface area contributed by atoms with E-state index in [1.165, 1.54) is 32.6 Å². The molecule has 0 spiro atoms. The van der Waals surface area contributed by atoms with Crippen molar-refractivity contribution >= 4 is 17.6 Å². The van der Waals surface area contributed by atoms with Crippen molar-refractivity contribution in [3.63, 3.8) is 0 Å². The summed E-state index contributed by atoms with van der Waals surface area (Å²) in [5.41, 5.74) is 0.800. The number of esters is 1. The van der Waals surface area contributed by atoms with Crippen LogP contribution in [-0.4, -0.2) is 18.0 Å². The summed E-state index contributed by atoms with van der Waals surface area (Å²) in [6.45, 7) is 1.54. The summed E-state index contributed by atoms with van der Waals surface area (Å²) in [5.74, 6) is -0.149. The monoisotopic (exact) mass is 314 g/mol. The van der Waals surface area contributed by atoms with Crippen molar-refractivity contribution in [2.75, 3.05) is 5.32 Å². The van der Waals surface area contributed by atoms with Crippen molar-refractivity contribution in [2.45, 2.75) is 51.6 Å². The number of para-hydroxylation sites is 1. The molecule has 1 aromatic carbocycles. The van der Waals surface area contributed by atoms with Crippen molar-refractivity contribution in [1.82, 2.24) is 0 Å². The zero-order valence-electron chi connectivity index (χ0n) is 13.4. The average molecular weight is 314 g/mol. The summed E-state index contributed by atoms with van der Waals surface area (Å²) in [4.78, 5) is 23.9. The Morgan fingerprint density at radius 1 is 1.35 bits per heavy atom. The van der Waals surface area contributed by atoms with Gasteiger partial charge in [0.2, 0.25) is 0 Å². The minimum absolute atomic E-state index is 0.340. The molecule has 1 aromatic rings. The lowest BCUT2D eigenvalue weighted by atomic mass is 10.0. The Morgan fingerprint density at radius 2 is 2.04 bits per heavy atom. The predicted octanol–water partition coefficient (Wildman–Crippen LogP) is 3.40. The molecule has 5 nitrogen and oxygen atoms in total. The Labute approximate surface area is 136 Å². The van der Waals surface area contributed by atoms with E-state index in [1.54, 1.807) is 24.3 Å². The molecule has 1 atom stereocenters. The van der Waals surface area contributed by atoms with E-state index >= 15 is 0 Å². The molecule has 0 aliphatic heterocycles. The highest BCUT2D eigenvalue weighted by molar-refractivity contribution is 5.96. The molecule has 0 saturated heterocycles. The molecule has 0 radical (unpaired) electrons. The van der Waals surface area contributed by atoms with Crippen molar-refractivity contribution in [3.05, 3.63) is 29.8 Å². The first kappa shape index (κ1) is 17.0. The maximum absolute atomic E-state index is 12.1. The van der Waals surface area contributed by atoms with E-state index < -0.39 is 12.0 Å². The molecule has 1 saturated carbocycles. The number of carbonyl (C=O) groups excluding carboxylic acids is 2. The summed E-state index contributed by atoms with van der Waals surface area (Å²) >= 11 is 0. The van der Waals surface area contributed by atoms with Gasteiger partial charge < -0.3 is 10.1 Å². The van der Waals surface area contributed by atoms with Crippen molar-refractivity contribution < 1.29 is 14.3 Å². The Balaban J connectivity index is 1.80. The summed E-state index contributed by atoms with van der Waals surface area (Å²) in [7, 11) is 0. The van der Waals surface area contributed by atoms with Crippen LogP contribution in [-0.2, 0) is 14.3 Å². The van der Waals surface area contributed by atoms with Gasteiger partial charge >= 0.3 is 5.97 Å². The molecular weight excluding hydrogens is 292 g/mol. The molecule has 0 bridgehead atoms. The molecule has 2 rings (SSSR count). The number of nitriles is 1. The van der Waals surface area contributed by atoms with Gasteiger partial charge in [0.1, 0.15) is 6.07 Å². The normalized spacial score (nSPS) is 15.7. The van der Waals surface area contributed by atoms with Gasteiger partial charge in [0.15, 0.2) is 6.10 Å². The molecule has 1 aliphatic carbocycles. The average Bonchev–Trinajstić information content (AvgIpc) is 3.06. The van der Waals surface area contributed by atoms with Gasteiger partial charge in [-0.05, 0) is 31.4 Å². The van der Waals surface area contributed by atoms with Gasteiger partial charge in [0.05, 0.1) is 11.3 Å². The van der Waals surface area contributed by atoms with E-state index in [1.807, 2.05) is 6.07 Å². The number of amides is 1. The first-order valence-corrected chi connectivity index (χ1v) is 8.09. The zero-order chi connectivity index (χ0) is 16.7. The molecule has 1 aliphatic rings. The molecule has 0 unspecified atom stereocenters. The van der Waals surface area contributed by atoms with Crippen LogP contribution in [0.3, 0.4) is 0 Å². The first-order chi connectivity index (χ1) is 11.1. The van der Waals surface area contributed by atoms with Crippen LogP contribution in [0.15, 0.2) is 24.3 Å². The number of nitrogens with zero attached hydrogens (tertiary/aromatic N) is 1. The molecule has 1 amide bonds. The fourth-order valence-electron chi connectivity index (χ4n) is 2.85. The quantitative estimate of drug-likeness (QED) is 0.816. The van der Waals surface area contributed by atoms with Gasteiger partial charge in [0, 0.05) is 6.42 Å². The lowest BCUT2D eigenvalue weighted by molar-refractivity contribution is -0.153. The van der Waals surface area contributed by atoms with Crippen LogP contribution in [0, 0.1) is 17.2 Å². The fourth-order valence-corrected chi connectivity index (χ4v) is 2.85. The number of nitrogens with one attached hydrogen (secondary N) is 1. The topological polar surface area (TPSA) is 79.2 Å². The molecule has 1 N–H and O–H groups in total. The number of carbonyl (C=O) groups is 2. The SMILES string of the molecule is C[C@H](OC(=O)CCC1CCCC1)C(=O)Nc1ccccc1C#N. The molecule has 0 aromatic heterocycles. The fraction of sp³-hybridized carbons (Fsp3) is 0.500. The summed E-state index contributed by atoms with van der Waals surface area (Å²) in [5, 5.41) is 11.6. The Kier molecular flexibility index (Phi) is 6.16. The summed E-state index contributed by atoms with van der Waals surface area (Å²) in [6.07, 6.45) is 5.19. The minimum atomic E-state index is -0.877.